The molecule has 8 heteroatoms. The van der Waals surface area contributed by atoms with Gasteiger partial charge in [-0.15, -0.1) is 0 Å². The Morgan fingerprint density at radius 3 is 2.67 bits per heavy atom. The van der Waals surface area contributed by atoms with Gasteiger partial charge in [0.1, 0.15) is 0 Å². The molecule has 0 aliphatic rings. The number of carbonyl (C=O) groups excluding carboxylic acids is 1. The molecule has 0 spiro atoms. The van der Waals surface area contributed by atoms with Crippen LogP contribution >= 0.6 is 11.6 Å². The monoisotopic (exact) mass is 227 g/mol. The van der Waals surface area contributed by atoms with Crippen molar-refractivity contribution in [2.24, 2.45) is 0 Å². The lowest BCUT2D eigenvalue weighted by molar-refractivity contribution is -0.383. The third kappa shape index (κ3) is 1.42. The second-order valence-electron chi connectivity index (χ2n) is 2.62. The molecule has 0 radical (unpaired) electrons. The van der Waals surface area contributed by atoms with Gasteiger partial charge >= 0.3 is 5.69 Å². The fourth-order valence-corrected chi connectivity index (χ4v) is 1.31. The quantitative estimate of drug-likeness (QED) is 0.438. The smallest absolute Gasteiger partial charge is 0.276 e. The Balaban J connectivity index is 2.82. The topological polar surface area (TPSA) is 99.1 Å². The number of carbonyl (C=O) groups is 1. The van der Waals surface area contributed by atoms with Crippen molar-refractivity contribution in [2.75, 3.05) is 0 Å². The van der Waals surface area contributed by atoms with Crippen molar-refractivity contribution in [1.82, 2.24) is 10.3 Å². The second-order valence-corrected chi connectivity index (χ2v) is 2.97. The Morgan fingerprint density at radius 1 is 1.40 bits per heavy atom. The second kappa shape index (κ2) is 3.28. The van der Waals surface area contributed by atoms with E-state index in [4.69, 9.17) is 11.6 Å². The Morgan fingerprint density at radius 2 is 2.07 bits per heavy atom. The van der Waals surface area contributed by atoms with E-state index in [1.807, 2.05) is 0 Å². The van der Waals surface area contributed by atoms with Crippen molar-refractivity contribution in [3.63, 3.8) is 0 Å². The average Bonchev–Trinajstić information content (AvgIpc) is 2.63. The summed E-state index contributed by atoms with van der Waals surface area (Å²) in [5, 5.41) is 16.5. The molecule has 0 bridgehead atoms. The van der Waals surface area contributed by atoms with E-state index in [2.05, 4.69) is 14.9 Å². The van der Waals surface area contributed by atoms with Crippen molar-refractivity contribution < 1.29 is 14.3 Å². The molecule has 0 unspecified atom stereocenters. The number of hydrogen-bond acceptors (Lipinski definition) is 6. The van der Waals surface area contributed by atoms with Crippen LogP contribution in [0.15, 0.2) is 16.8 Å². The highest BCUT2D eigenvalue weighted by atomic mass is 35.5. The molecule has 76 valence electrons. The normalized spacial score (nSPS) is 10.5. The molecule has 1 aromatic carbocycles. The number of nitro benzene ring substituents is 1. The van der Waals surface area contributed by atoms with Gasteiger partial charge in [0.05, 0.1) is 10.5 Å². The van der Waals surface area contributed by atoms with Crippen LogP contribution in [0.4, 0.5) is 5.69 Å². The minimum absolute atomic E-state index is 0.01000. The van der Waals surface area contributed by atoms with Crippen LogP contribution in [0.3, 0.4) is 0 Å². The number of benzene rings is 1. The maximum atomic E-state index is 10.9. The number of nitro groups is 1. The minimum Gasteiger partial charge on any atom is -0.276 e. The van der Waals surface area contributed by atoms with Crippen LogP contribution in [0.1, 0.15) is 10.4 Å². The van der Waals surface area contributed by atoms with Crippen molar-refractivity contribution >= 4 is 33.6 Å². The van der Waals surface area contributed by atoms with E-state index in [0.29, 0.717) is 0 Å². The summed E-state index contributed by atoms with van der Waals surface area (Å²) in [5.74, 6) is 0. The van der Waals surface area contributed by atoms with E-state index >= 15 is 0 Å². The van der Waals surface area contributed by atoms with Gasteiger partial charge in [-0.05, 0) is 28.0 Å². The van der Waals surface area contributed by atoms with Crippen LogP contribution in [0.5, 0.6) is 0 Å². The molecule has 2 aromatic rings. The van der Waals surface area contributed by atoms with E-state index < -0.39 is 10.2 Å². The van der Waals surface area contributed by atoms with Gasteiger partial charge in [0.25, 0.3) is 5.24 Å². The first-order valence-electron chi connectivity index (χ1n) is 3.70. The first-order chi connectivity index (χ1) is 7.11. The summed E-state index contributed by atoms with van der Waals surface area (Å²) in [4.78, 5) is 20.9. The van der Waals surface area contributed by atoms with E-state index in [1.165, 1.54) is 6.07 Å². The highest BCUT2D eigenvalue weighted by molar-refractivity contribution is 6.68. The van der Waals surface area contributed by atoms with Gasteiger partial charge in [0, 0.05) is 6.07 Å². The maximum absolute atomic E-state index is 10.9. The van der Waals surface area contributed by atoms with Gasteiger partial charge in [-0.3, -0.25) is 14.9 Å². The van der Waals surface area contributed by atoms with Gasteiger partial charge in [-0.25, -0.2) is 4.63 Å². The molecule has 0 N–H and O–H groups in total. The van der Waals surface area contributed by atoms with Crippen LogP contribution in [-0.2, 0) is 0 Å². The Kier molecular flexibility index (Phi) is 2.09. The van der Waals surface area contributed by atoms with Crippen LogP contribution in [0.25, 0.3) is 11.0 Å². The molecule has 0 amide bonds. The number of hydrogen-bond donors (Lipinski definition) is 0. The van der Waals surface area contributed by atoms with Crippen LogP contribution in [0.2, 0.25) is 0 Å². The van der Waals surface area contributed by atoms with Gasteiger partial charge in [-0.2, -0.15) is 0 Å². The van der Waals surface area contributed by atoms with E-state index in [1.54, 1.807) is 0 Å². The first-order valence-corrected chi connectivity index (χ1v) is 4.08. The molecular formula is C7H2ClN3O4. The fourth-order valence-electron chi connectivity index (χ4n) is 1.16. The Bertz CT molecular complexity index is 516. The maximum Gasteiger partial charge on any atom is 0.300 e. The molecular weight excluding hydrogens is 226 g/mol. The lowest BCUT2D eigenvalue weighted by Crippen LogP contribution is -1.95. The van der Waals surface area contributed by atoms with E-state index in [-0.39, 0.29) is 22.3 Å². The number of non-ortho nitro benzene ring substituents is 1. The summed E-state index contributed by atoms with van der Waals surface area (Å²) in [6.45, 7) is 0. The Hall–Kier alpha value is -2.02. The van der Waals surface area contributed by atoms with Gasteiger partial charge in [0.2, 0.25) is 5.52 Å². The molecule has 15 heavy (non-hydrogen) atoms. The third-order valence-corrected chi connectivity index (χ3v) is 2.01. The first kappa shape index (κ1) is 9.53. The van der Waals surface area contributed by atoms with Crippen molar-refractivity contribution in [1.29, 1.82) is 0 Å². The summed E-state index contributed by atoms with van der Waals surface area (Å²) in [6.07, 6.45) is 0. The SMILES string of the molecule is O=C(Cl)c1ccc([N+](=O)[O-])c2nonc12. The van der Waals surface area contributed by atoms with Gasteiger partial charge < -0.3 is 0 Å². The van der Waals surface area contributed by atoms with Gasteiger partial charge in [0.15, 0.2) is 5.52 Å². The number of halogens is 1. The number of fused-ring (bicyclic) bond motifs is 1. The molecule has 0 atom stereocenters. The zero-order valence-electron chi connectivity index (χ0n) is 7.01. The largest absolute Gasteiger partial charge is 0.300 e. The fraction of sp³-hybridized carbons (Fsp3) is 0. The van der Waals surface area contributed by atoms with Crippen molar-refractivity contribution in [3.8, 4) is 0 Å². The van der Waals surface area contributed by atoms with Gasteiger partial charge in [-0.1, -0.05) is 0 Å². The van der Waals surface area contributed by atoms with Crippen LogP contribution < -0.4 is 0 Å². The number of aromatic nitrogens is 2. The summed E-state index contributed by atoms with van der Waals surface area (Å²) < 4.78 is 4.33. The number of rotatable bonds is 2. The zero-order valence-corrected chi connectivity index (χ0v) is 7.76. The average molecular weight is 228 g/mol. The molecule has 1 heterocycles. The molecule has 7 nitrogen and oxygen atoms in total. The molecule has 1 aromatic heterocycles. The van der Waals surface area contributed by atoms with Crippen LogP contribution in [0, 0.1) is 10.1 Å². The third-order valence-electron chi connectivity index (χ3n) is 1.80. The molecule has 2 rings (SSSR count). The minimum atomic E-state index is -0.773. The molecule has 0 aliphatic heterocycles. The predicted molar refractivity (Wildman–Crippen MR) is 48.6 cm³/mol. The van der Waals surface area contributed by atoms with E-state index in [0.717, 1.165) is 6.07 Å². The van der Waals surface area contributed by atoms with E-state index in [9.17, 15) is 14.9 Å². The van der Waals surface area contributed by atoms with Crippen molar-refractivity contribution in [2.45, 2.75) is 0 Å². The summed E-state index contributed by atoms with van der Waals surface area (Å²) in [5.41, 5.74) is -0.359. The van der Waals surface area contributed by atoms with Crippen molar-refractivity contribution in [3.05, 3.63) is 27.8 Å². The number of nitrogens with zero attached hydrogens (tertiary/aromatic N) is 3. The molecule has 0 saturated carbocycles. The highest BCUT2D eigenvalue weighted by Crippen LogP contribution is 2.26. The Labute approximate surface area is 86.7 Å². The zero-order chi connectivity index (χ0) is 11.0. The predicted octanol–water partition coefficient (Wildman–Crippen LogP) is 1.51. The summed E-state index contributed by atoms with van der Waals surface area (Å²) in [6, 6.07) is 2.34. The standard InChI is InChI=1S/C7H2ClN3O4/c8-7(12)3-1-2-4(11(13)14)6-5(3)9-15-10-6/h1-2H. The highest BCUT2D eigenvalue weighted by Gasteiger charge is 2.21. The lowest BCUT2D eigenvalue weighted by Gasteiger charge is -1.94. The summed E-state index contributed by atoms with van der Waals surface area (Å²) >= 11 is 5.25. The van der Waals surface area contributed by atoms with Crippen LogP contribution in [-0.4, -0.2) is 20.5 Å². The molecule has 0 aliphatic carbocycles. The molecule has 0 saturated heterocycles. The lowest BCUT2D eigenvalue weighted by atomic mass is 10.2. The molecule has 0 fully saturated rings. The summed E-state index contributed by atoms with van der Waals surface area (Å²) in [7, 11) is 0.